The minimum atomic E-state index is -2.73. The van der Waals surface area contributed by atoms with Gasteiger partial charge in [0.05, 0.1) is 9.79 Å². The molecule has 2 nitrogen and oxygen atoms in total. The van der Waals surface area contributed by atoms with Crippen LogP contribution in [0.3, 0.4) is 0 Å². The van der Waals surface area contributed by atoms with E-state index in [1.165, 1.54) is 22.7 Å². The molecule has 0 aromatic carbocycles. The Kier molecular flexibility index (Phi) is 2.23. The highest BCUT2D eigenvalue weighted by Gasteiger charge is 2.13. The SMILES string of the molecule is N=S(=O)(c1ccsc1)c1ccsc1. The highest BCUT2D eigenvalue weighted by Crippen LogP contribution is 2.24. The Hall–Kier alpha value is -0.650. The maximum absolute atomic E-state index is 12.0. The predicted molar refractivity (Wildman–Crippen MR) is 56.0 cm³/mol. The van der Waals surface area contributed by atoms with Gasteiger partial charge in [-0.25, -0.2) is 8.99 Å². The molecule has 0 atom stereocenters. The number of hydrogen-bond acceptors (Lipinski definition) is 4. The Morgan fingerprint density at radius 2 is 1.54 bits per heavy atom. The van der Waals surface area contributed by atoms with Crippen LogP contribution in [0.5, 0.6) is 0 Å². The molecule has 2 aromatic rings. The Morgan fingerprint density at radius 1 is 1.08 bits per heavy atom. The molecule has 68 valence electrons. The summed E-state index contributed by atoms with van der Waals surface area (Å²) in [6.07, 6.45) is 0. The minimum absolute atomic E-state index is 0.607. The van der Waals surface area contributed by atoms with Gasteiger partial charge in [0.1, 0.15) is 9.73 Å². The lowest BCUT2D eigenvalue weighted by molar-refractivity contribution is 0.675. The fourth-order valence-electron chi connectivity index (χ4n) is 0.967. The van der Waals surface area contributed by atoms with Crippen LogP contribution < -0.4 is 0 Å². The summed E-state index contributed by atoms with van der Waals surface area (Å²) >= 11 is 2.94. The van der Waals surface area contributed by atoms with Gasteiger partial charge in [-0.3, -0.25) is 0 Å². The van der Waals surface area contributed by atoms with Crippen molar-refractivity contribution in [3.63, 3.8) is 0 Å². The molecule has 0 aliphatic rings. The first kappa shape index (κ1) is 8.93. The molecule has 0 saturated carbocycles. The first-order valence-electron chi connectivity index (χ1n) is 3.54. The van der Waals surface area contributed by atoms with Crippen molar-refractivity contribution in [2.75, 3.05) is 0 Å². The van der Waals surface area contributed by atoms with Gasteiger partial charge in [-0.15, -0.1) is 0 Å². The molecule has 1 N–H and O–H groups in total. The molecule has 2 heterocycles. The largest absolute Gasteiger partial charge is 0.245 e. The predicted octanol–water partition coefficient (Wildman–Crippen LogP) is 3.27. The molecule has 0 fully saturated rings. The van der Waals surface area contributed by atoms with E-state index >= 15 is 0 Å². The molecule has 0 aliphatic carbocycles. The monoisotopic (exact) mass is 229 g/mol. The van der Waals surface area contributed by atoms with Crippen molar-refractivity contribution in [3.8, 4) is 0 Å². The van der Waals surface area contributed by atoms with Crippen LogP contribution in [-0.4, -0.2) is 4.21 Å². The fourth-order valence-corrected chi connectivity index (χ4v) is 4.38. The summed E-state index contributed by atoms with van der Waals surface area (Å²) in [6.45, 7) is 0. The average Bonchev–Trinajstić information content (AvgIpc) is 2.78. The molecule has 0 bridgehead atoms. The van der Waals surface area contributed by atoms with Gasteiger partial charge in [0.15, 0.2) is 0 Å². The van der Waals surface area contributed by atoms with Gasteiger partial charge in [-0.05, 0) is 22.9 Å². The normalized spacial score (nSPS) is 11.7. The average molecular weight is 229 g/mol. The molecule has 0 aliphatic heterocycles. The van der Waals surface area contributed by atoms with Crippen molar-refractivity contribution < 1.29 is 4.21 Å². The van der Waals surface area contributed by atoms with E-state index in [-0.39, 0.29) is 0 Å². The highest BCUT2D eigenvalue weighted by molar-refractivity contribution is 7.92. The van der Waals surface area contributed by atoms with Gasteiger partial charge in [0.25, 0.3) is 0 Å². The summed E-state index contributed by atoms with van der Waals surface area (Å²) in [5.74, 6) is 0. The lowest BCUT2D eigenvalue weighted by Crippen LogP contribution is -1.95. The van der Waals surface area contributed by atoms with Gasteiger partial charge < -0.3 is 0 Å². The second kappa shape index (κ2) is 3.25. The molecule has 0 amide bonds. The van der Waals surface area contributed by atoms with Crippen LogP contribution in [0, 0.1) is 4.78 Å². The Bertz CT molecular complexity index is 427. The first-order chi connectivity index (χ1) is 6.21. The van der Waals surface area contributed by atoms with Crippen LogP contribution in [0.2, 0.25) is 0 Å². The lowest BCUT2D eigenvalue weighted by Gasteiger charge is -2.00. The maximum Gasteiger partial charge on any atom is 0.103 e. The molecule has 0 radical (unpaired) electrons. The number of thiophene rings is 2. The molecule has 2 rings (SSSR count). The topological polar surface area (TPSA) is 40.9 Å². The summed E-state index contributed by atoms with van der Waals surface area (Å²) in [6, 6.07) is 3.50. The van der Waals surface area contributed by atoms with Crippen LogP contribution in [0.25, 0.3) is 0 Å². The number of rotatable bonds is 2. The fraction of sp³-hybridized carbons (Fsp3) is 0. The van der Waals surface area contributed by atoms with E-state index in [9.17, 15) is 4.21 Å². The zero-order chi connectivity index (χ0) is 9.31. The number of nitrogens with one attached hydrogen (secondary N) is 1. The summed E-state index contributed by atoms with van der Waals surface area (Å²) in [5, 5.41) is 7.23. The summed E-state index contributed by atoms with van der Waals surface area (Å²) in [7, 11) is -2.73. The zero-order valence-electron chi connectivity index (χ0n) is 6.60. The van der Waals surface area contributed by atoms with Crippen molar-refractivity contribution >= 4 is 32.4 Å². The first-order valence-corrected chi connectivity index (χ1v) is 6.99. The zero-order valence-corrected chi connectivity index (χ0v) is 9.05. The second-order valence-corrected chi connectivity index (χ2v) is 6.09. The third-order valence-electron chi connectivity index (χ3n) is 1.65. The van der Waals surface area contributed by atoms with Crippen LogP contribution in [-0.2, 0) is 9.73 Å². The lowest BCUT2D eigenvalue weighted by atomic mass is 10.7. The minimum Gasteiger partial charge on any atom is -0.245 e. The Morgan fingerprint density at radius 3 is 1.85 bits per heavy atom. The van der Waals surface area contributed by atoms with E-state index < -0.39 is 9.73 Å². The van der Waals surface area contributed by atoms with Gasteiger partial charge in [-0.2, -0.15) is 22.7 Å². The third-order valence-corrected chi connectivity index (χ3v) is 5.15. The molecule has 13 heavy (non-hydrogen) atoms. The van der Waals surface area contributed by atoms with Gasteiger partial charge in [-0.1, -0.05) is 0 Å². The van der Waals surface area contributed by atoms with Crippen molar-refractivity contribution in [2.24, 2.45) is 0 Å². The van der Waals surface area contributed by atoms with E-state index in [1.807, 2.05) is 10.8 Å². The van der Waals surface area contributed by atoms with Crippen molar-refractivity contribution in [1.82, 2.24) is 0 Å². The quantitative estimate of drug-likeness (QED) is 0.843. The molecule has 0 saturated heterocycles. The smallest absolute Gasteiger partial charge is 0.103 e. The third kappa shape index (κ3) is 1.54. The molecular weight excluding hydrogens is 222 g/mol. The summed E-state index contributed by atoms with van der Waals surface area (Å²) in [4.78, 5) is 1.21. The van der Waals surface area contributed by atoms with E-state index in [4.69, 9.17) is 4.78 Å². The molecule has 5 heteroatoms. The second-order valence-electron chi connectivity index (χ2n) is 2.47. The van der Waals surface area contributed by atoms with Crippen LogP contribution >= 0.6 is 22.7 Å². The van der Waals surface area contributed by atoms with E-state index in [1.54, 1.807) is 22.9 Å². The summed E-state index contributed by atoms with van der Waals surface area (Å²) < 4.78 is 19.8. The molecular formula is C8H7NOS3. The molecule has 0 spiro atoms. The van der Waals surface area contributed by atoms with Gasteiger partial charge >= 0.3 is 0 Å². The highest BCUT2D eigenvalue weighted by atomic mass is 32.2. The van der Waals surface area contributed by atoms with E-state index in [0.29, 0.717) is 9.79 Å². The summed E-state index contributed by atoms with van der Waals surface area (Å²) in [5.41, 5.74) is 0. The maximum atomic E-state index is 12.0. The van der Waals surface area contributed by atoms with Crippen LogP contribution in [0.4, 0.5) is 0 Å². The van der Waals surface area contributed by atoms with Crippen LogP contribution in [0.15, 0.2) is 43.4 Å². The van der Waals surface area contributed by atoms with Gasteiger partial charge in [0.2, 0.25) is 0 Å². The molecule has 2 aromatic heterocycles. The van der Waals surface area contributed by atoms with Crippen molar-refractivity contribution in [2.45, 2.75) is 9.79 Å². The van der Waals surface area contributed by atoms with E-state index in [0.717, 1.165) is 0 Å². The van der Waals surface area contributed by atoms with E-state index in [2.05, 4.69) is 0 Å². The Labute approximate surface area is 84.8 Å². The molecule has 0 unspecified atom stereocenters. The van der Waals surface area contributed by atoms with Gasteiger partial charge in [0, 0.05) is 10.8 Å². The Balaban J connectivity index is 2.56. The number of hydrogen-bond donors (Lipinski definition) is 1. The standard InChI is InChI=1S/C8H7NOS3/c9-13(10,7-1-3-11-5-7)8-2-4-12-6-8/h1-6,9H. The van der Waals surface area contributed by atoms with Crippen molar-refractivity contribution in [3.05, 3.63) is 33.7 Å². The van der Waals surface area contributed by atoms with Crippen LogP contribution in [0.1, 0.15) is 0 Å². The van der Waals surface area contributed by atoms with Crippen molar-refractivity contribution in [1.29, 1.82) is 4.78 Å².